The lowest BCUT2D eigenvalue weighted by Gasteiger charge is -2.12. The molecule has 0 heterocycles. The van der Waals surface area contributed by atoms with Gasteiger partial charge >= 0.3 is 0 Å². The van der Waals surface area contributed by atoms with Crippen LogP contribution in [0.15, 0.2) is 23.5 Å². The van der Waals surface area contributed by atoms with Crippen molar-refractivity contribution in [1.29, 1.82) is 0 Å². The topological polar surface area (TPSA) is 9.23 Å². The first-order chi connectivity index (χ1) is 5.79. The van der Waals surface area contributed by atoms with Gasteiger partial charge in [0.15, 0.2) is 0 Å². The molecule has 0 fully saturated rings. The fourth-order valence-corrected chi connectivity index (χ4v) is 1.26. The van der Waals surface area contributed by atoms with Crippen LogP contribution in [0.4, 0.5) is 0 Å². The average Bonchev–Trinajstić information content (AvgIpc) is 2.05. The van der Waals surface area contributed by atoms with Gasteiger partial charge in [-0.3, -0.25) is 0 Å². The van der Waals surface area contributed by atoms with E-state index in [0.29, 0.717) is 0 Å². The Morgan fingerprint density at radius 2 is 2.33 bits per heavy atom. The molecule has 0 N–H and O–H groups in total. The maximum atomic E-state index is 5.58. The molecular formula is C11H18O. The van der Waals surface area contributed by atoms with E-state index >= 15 is 0 Å². The number of allylic oxidation sites excluding steroid dienone is 3. The number of hydrogen-bond donors (Lipinski definition) is 0. The molecule has 0 radical (unpaired) electrons. The van der Waals surface area contributed by atoms with E-state index in [-0.39, 0.29) is 0 Å². The van der Waals surface area contributed by atoms with Crippen LogP contribution in [0.2, 0.25) is 0 Å². The van der Waals surface area contributed by atoms with Crippen LogP contribution in [0.3, 0.4) is 0 Å². The molecule has 0 spiro atoms. The highest BCUT2D eigenvalue weighted by Gasteiger charge is 2.02. The van der Waals surface area contributed by atoms with Crippen molar-refractivity contribution in [3.05, 3.63) is 23.5 Å². The fourth-order valence-electron chi connectivity index (χ4n) is 1.26. The number of ether oxygens (including phenoxy) is 1. The predicted molar refractivity (Wildman–Crippen MR) is 51.9 cm³/mol. The second-order valence-corrected chi connectivity index (χ2v) is 3.51. The van der Waals surface area contributed by atoms with Gasteiger partial charge < -0.3 is 4.74 Å². The van der Waals surface area contributed by atoms with Crippen LogP contribution in [0.25, 0.3) is 0 Å². The first kappa shape index (κ1) is 9.37. The van der Waals surface area contributed by atoms with Crippen molar-refractivity contribution < 1.29 is 4.74 Å². The monoisotopic (exact) mass is 166 g/mol. The molecule has 0 amide bonds. The molecule has 68 valence electrons. The Labute approximate surface area is 75.1 Å². The molecule has 0 aromatic rings. The van der Waals surface area contributed by atoms with E-state index in [1.807, 2.05) is 0 Å². The zero-order valence-electron chi connectivity index (χ0n) is 8.10. The van der Waals surface area contributed by atoms with Gasteiger partial charge in [0, 0.05) is 6.42 Å². The first-order valence-electron chi connectivity index (χ1n) is 4.74. The van der Waals surface area contributed by atoms with Gasteiger partial charge in [-0.25, -0.2) is 0 Å². The molecule has 0 saturated heterocycles. The summed E-state index contributed by atoms with van der Waals surface area (Å²) in [5.74, 6) is 1.19. The van der Waals surface area contributed by atoms with E-state index in [4.69, 9.17) is 4.74 Å². The lowest BCUT2D eigenvalue weighted by Crippen LogP contribution is -1.97. The minimum Gasteiger partial charge on any atom is -0.494 e. The normalized spacial score (nSPS) is 16.7. The average molecular weight is 166 g/mol. The van der Waals surface area contributed by atoms with Gasteiger partial charge in [0.05, 0.1) is 5.76 Å². The van der Waals surface area contributed by atoms with Crippen LogP contribution < -0.4 is 0 Å². The number of hydrogen-bond acceptors (Lipinski definition) is 1. The van der Waals surface area contributed by atoms with Crippen LogP contribution in [-0.4, -0.2) is 6.61 Å². The Morgan fingerprint density at radius 3 is 2.92 bits per heavy atom. The van der Waals surface area contributed by atoms with Gasteiger partial charge in [-0.05, 0) is 45.3 Å². The van der Waals surface area contributed by atoms with Crippen LogP contribution >= 0.6 is 0 Å². The van der Waals surface area contributed by atoms with Crippen LogP contribution in [-0.2, 0) is 4.74 Å². The summed E-state index contributed by atoms with van der Waals surface area (Å²) in [5, 5.41) is 0. The lowest BCUT2D eigenvalue weighted by molar-refractivity contribution is 0.227. The highest BCUT2D eigenvalue weighted by Crippen LogP contribution is 2.17. The van der Waals surface area contributed by atoms with Crippen LogP contribution in [0, 0.1) is 0 Å². The molecule has 0 bridgehead atoms. The third-order valence-electron chi connectivity index (χ3n) is 2.01. The first-order valence-corrected chi connectivity index (χ1v) is 4.74. The van der Waals surface area contributed by atoms with E-state index in [2.05, 4.69) is 26.0 Å². The third-order valence-corrected chi connectivity index (χ3v) is 2.01. The minimum absolute atomic E-state index is 0.744. The number of rotatable bonds is 3. The Bertz CT molecular complexity index is 185. The van der Waals surface area contributed by atoms with E-state index in [1.54, 1.807) is 0 Å². The van der Waals surface area contributed by atoms with Crippen LogP contribution in [0.5, 0.6) is 0 Å². The van der Waals surface area contributed by atoms with Gasteiger partial charge in [0.1, 0.15) is 6.61 Å². The second-order valence-electron chi connectivity index (χ2n) is 3.51. The molecule has 0 aromatic carbocycles. The molecule has 1 aliphatic carbocycles. The lowest BCUT2D eigenvalue weighted by atomic mass is 10.1. The highest BCUT2D eigenvalue weighted by molar-refractivity contribution is 4.99. The third kappa shape index (κ3) is 3.61. The van der Waals surface area contributed by atoms with Crippen molar-refractivity contribution >= 4 is 0 Å². The maximum Gasteiger partial charge on any atom is 0.106 e. The summed E-state index contributed by atoms with van der Waals surface area (Å²) in [5.41, 5.74) is 1.33. The summed E-state index contributed by atoms with van der Waals surface area (Å²) >= 11 is 0. The molecule has 1 nitrogen and oxygen atoms in total. The van der Waals surface area contributed by atoms with Gasteiger partial charge in [-0.15, -0.1) is 0 Å². The smallest absolute Gasteiger partial charge is 0.106 e. The maximum absolute atomic E-state index is 5.58. The second kappa shape index (κ2) is 5.02. The van der Waals surface area contributed by atoms with Crippen molar-refractivity contribution in [1.82, 2.24) is 0 Å². The molecule has 1 aliphatic rings. The molecule has 0 atom stereocenters. The van der Waals surface area contributed by atoms with Gasteiger partial charge in [0.2, 0.25) is 0 Å². The van der Waals surface area contributed by atoms with E-state index in [0.717, 1.165) is 13.0 Å². The van der Waals surface area contributed by atoms with Crippen molar-refractivity contribution in [2.75, 3.05) is 6.61 Å². The summed E-state index contributed by atoms with van der Waals surface area (Å²) in [6, 6.07) is 0. The predicted octanol–water partition coefficient (Wildman–Crippen LogP) is 3.43. The largest absolute Gasteiger partial charge is 0.494 e. The molecule has 0 unspecified atom stereocenters. The van der Waals surface area contributed by atoms with Crippen molar-refractivity contribution in [3.63, 3.8) is 0 Å². The molecule has 1 heteroatoms. The Morgan fingerprint density at radius 1 is 1.50 bits per heavy atom. The van der Waals surface area contributed by atoms with Crippen molar-refractivity contribution in [2.45, 2.75) is 39.5 Å². The molecule has 0 saturated carbocycles. The molecular weight excluding hydrogens is 148 g/mol. The summed E-state index contributed by atoms with van der Waals surface area (Å²) in [6.07, 6.45) is 9.30. The Hall–Kier alpha value is -0.720. The van der Waals surface area contributed by atoms with E-state index in [1.165, 1.54) is 30.6 Å². The van der Waals surface area contributed by atoms with Crippen molar-refractivity contribution in [3.8, 4) is 0 Å². The van der Waals surface area contributed by atoms with Crippen LogP contribution in [0.1, 0.15) is 39.5 Å². The molecule has 0 aliphatic heterocycles. The molecule has 1 rings (SSSR count). The Balaban J connectivity index is 2.22. The Kier molecular flexibility index (Phi) is 3.92. The van der Waals surface area contributed by atoms with Gasteiger partial charge in [-0.1, -0.05) is 5.57 Å². The van der Waals surface area contributed by atoms with Gasteiger partial charge in [-0.2, -0.15) is 0 Å². The van der Waals surface area contributed by atoms with Gasteiger partial charge in [0.25, 0.3) is 0 Å². The minimum atomic E-state index is 0.744. The van der Waals surface area contributed by atoms with Crippen molar-refractivity contribution in [2.24, 2.45) is 0 Å². The summed E-state index contributed by atoms with van der Waals surface area (Å²) in [4.78, 5) is 0. The summed E-state index contributed by atoms with van der Waals surface area (Å²) in [7, 11) is 0. The molecule has 0 aromatic heterocycles. The quantitative estimate of drug-likeness (QED) is 0.584. The molecule has 12 heavy (non-hydrogen) atoms. The summed E-state index contributed by atoms with van der Waals surface area (Å²) < 4.78 is 5.58. The highest BCUT2D eigenvalue weighted by atomic mass is 16.5. The SMILES string of the molecule is CC(C)=CCOC1=CCCCC1. The standard InChI is InChI=1S/C11H18O/c1-10(2)8-9-12-11-6-4-3-5-7-11/h6,8H,3-5,7,9H2,1-2H3. The van der Waals surface area contributed by atoms with E-state index < -0.39 is 0 Å². The fraction of sp³-hybridized carbons (Fsp3) is 0.636. The van der Waals surface area contributed by atoms with E-state index in [9.17, 15) is 0 Å². The zero-order chi connectivity index (χ0) is 8.81. The zero-order valence-corrected chi connectivity index (χ0v) is 8.10. The summed E-state index contributed by atoms with van der Waals surface area (Å²) in [6.45, 7) is 4.94.